The summed E-state index contributed by atoms with van der Waals surface area (Å²) in [5.41, 5.74) is 1.81. The fourth-order valence-electron chi connectivity index (χ4n) is 3.36. The molecule has 1 heterocycles. The molecule has 0 aliphatic carbocycles. The van der Waals surface area contributed by atoms with Crippen LogP contribution in [0, 0.1) is 11.6 Å². The van der Waals surface area contributed by atoms with Gasteiger partial charge in [-0.1, -0.05) is 18.2 Å². The smallest absolute Gasteiger partial charge is 0.321 e. The normalized spacial score (nSPS) is 15.9. The van der Waals surface area contributed by atoms with Gasteiger partial charge >= 0.3 is 6.03 Å². The summed E-state index contributed by atoms with van der Waals surface area (Å²) in [5, 5.41) is 2.80. The number of anilines is 1. The van der Waals surface area contributed by atoms with Crippen LogP contribution in [0.5, 0.6) is 0 Å². The fourth-order valence-corrected chi connectivity index (χ4v) is 4.23. The lowest BCUT2D eigenvalue weighted by atomic mass is 10.0. The quantitative estimate of drug-likeness (QED) is 0.818. The van der Waals surface area contributed by atoms with E-state index in [0.717, 1.165) is 12.1 Å². The van der Waals surface area contributed by atoms with Gasteiger partial charge in [-0.3, -0.25) is 0 Å². The van der Waals surface area contributed by atoms with Crippen molar-refractivity contribution in [3.63, 3.8) is 0 Å². The molecule has 1 saturated heterocycles. The van der Waals surface area contributed by atoms with E-state index in [1.165, 1.54) is 16.6 Å². The van der Waals surface area contributed by atoms with E-state index < -0.39 is 21.7 Å². The average Bonchev–Trinajstić information content (AvgIpc) is 2.69. The number of nitrogens with zero attached hydrogens (tertiary/aromatic N) is 2. The van der Waals surface area contributed by atoms with Gasteiger partial charge in [0.05, 0.1) is 6.26 Å². The Balaban J connectivity index is 1.60. The number of urea groups is 1. The summed E-state index contributed by atoms with van der Waals surface area (Å²) in [7, 11) is -1.52. The van der Waals surface area contributed by atoms with E-state index in [-0.39, 0.29) is 12.1 Å². The number of amides is 2. The summed E-state index contributed by atoms with van der Waals surface area (Å²) in [5.74, 6) is -1.81. The van der Waals surface area contributed by atoms with Crippen LogP contribution in [0.1, 0.15) is 12.8 Å². The Labute approximate surface area is 169 Å². The van der Waals surface area contributed by atoms with Crippen LogP contribution in [0.2, 0.25) is 0 Å². The van der Waals surface area contributed by atoms with Crippen molar-refractivity contribution in [2.24, 2.45) is 0 Å². The molecule has 1 aliphatic rings. The van der Waals surface area contributed by atoms with Crippen molar-refractivity contribution >= 4 is 21.7 Å². The molecule has 0 saturated carbocycles. The Hall–Kier alpha value is -2.52. The molecule has 1 fully saturated rings. The summed E-state index contributed by atoms with van der Waals surface area (Å²) in [6, 6.07) is 10.2. The molecule has 0 bridgehead atoms. The molecule has 3 rings (SSSR count). The molecule has 29 heavy (non-hydrogen) atoms. The number of carbonyl (C=O) groups excluding carboxylic acids is 1. The number of sulfonamides is 1. The lowest BCUT2D eigenvalue weighted by Crippen LogP contribution is -2.48. The maximum absolute atomic E-state index is 13.4. The van der Waals surface area contributed by atoms with Gasteiger partial charge < -0.3 is 10.2 Å². The van der Waals surface area contributed by atoms with Gasteiger partial charge in [0.25, 0.3) is 0 Å². The standard InChI is InChI=1S/C20H23F2N3O3S/c1-24(17-9-11-25(12-10-17)29(2,27)28)20(26)23-16-6-3-14(4-7-16)15-5-8-18(21)19(22)13-15/h3-8,13,17H,9-12H2,1-2H3,(H,23,26). The van der Waals surface area contributed by atoms with E-state index in [9.17, 15) is 22.0 Å². The molecule has 156 valence electrons. The second-order valence-corrected chi connectivity index (χ2v) is 9.12. The van der Waals surface area contributed by atoms with Crippen LogP contribution < -0.4 is 5.32 Å². The molecule has 0 unspecified atom stereocenters. The Morgan fingerprint density at radius 2 is 1.62 bits per heavy atom. The third kappa shape index (κ3) is 5.10. The maximum atomic E-state index is 13.4. The largest absolute Gasteiger partial charge is 0.325 e. The third-order valence-electron chi connectivity index (χ3n) is 5.15. The molecule has 1 N–H and O–H groups in total. The molecular weight excluding hydrogens is 400 g/mol. The first-order valence-electron chi connectivity index (χ1n) is 9.19. The number of hydrogen-bond donors (Lipinski definition) is 1. The zero-order valence-corrected chi connectivity index (χ0v) is 17.0. The molecule has 2 aromatic rings. The Bertz CT molecular complexity index is 989. The Kier molecular flexibility index (Phi) is 6.18. The molecule has 2 aromatic carbocycles. The van der Waals surface area contributed by atoms with Crippen molar-refractivity contribution in [2.75, 3.05) is 31.7 Å². The van der Waals surface area contributed by atoms with Crippen molar-refractivity contribution in [3.8, 4) is 11.1 Å². The molecule has 0 spiro atoms. The summed E-state index contributed by atoms with van der Waals surface area (Å²) in [6.45, 7) is 0.786. The van der Waals surface area contributed by atoms with E-state index in [1.54, 1.807) is 36.2 Å². The first-order valence-corrected chi connectivity index (χ1v) is 11.0. The van der Waals surface area contributed by atoms with Crippen LogP contribution in [0.3, 0.4) is 0 Å². The molecule has 0 aromatic heterocycles. The zero-order chi connectivity index (χ0) is 21.2. The number of benzene rings is 2. The Morgan fingerprint density at radius 1 is 1.03 bits per heavy atom. The highest BCUT2D eigenvalue weighted by Gasteiger charge is 2.29. The van der Waals surface area contributed by atoms with E-state index in [1.807, 2.05) is 0 Å². The number of nitrogens with one attached hydrogen (secondary N) is 1. The minimum absolute atomic E-state index is 0.0468. The fraction of sp³-hybridized carbons (Fsp3) is 0.350. The number of piperidine rings is 1. The highest BCUT2D eigenvalue weighted by atomic mass is 32.2. The van der Waals surface area contributed by atoms with Crippen molar-refractivity contribution in [1.82, 2.24) is 9.21 Å². The summed E-state index contributed by atoms with van der Waals surface area (Å²) < 4.78 is 51.1. The van der Waals surface area contributed by atoms with Gasteiger partial charge in [0.2, 0.25) is 10.0 Å². The predicted molar refractivity (Wildman–Crippen MR) is 108 cm³/mol. The molecule has 6 nitrogen and oxygen atoms in total. The molecule has 1 aliphatic heterocycles. The van der Waals surface area contributed by atoms with Gasteiger partial charge in [-0.2, -0.15) is 0 Å². The average molecular weight is 423 g/mol. The van der Waals surface area contributed by atoms with E-state index in [2.05, 4.69) is 5.32 Å². The van der Waals surface area contributed by atoms with E-state index >= 15 is 0 Å². The van der Waals surface area contributed by atoms with Crippen LogP contribution in [0.15, 0.2) is 42.5 Å². The second kappa shape index (κ2) is 8.46. The molecule has 0 radical (unpaired) electrons. The van der Waals surface area contributed by atoms with Crippen molar-refractivity contribution < 1.29 is 22.0 Å². The molecule has 9 heteroatoms. The van der Waals surface area contributed by atoms with Crippen LogP contribution in [0.25, 0.3) is 11.1 Å². The third-order valence-corrected chi connectivity index (χ3v) is 6.45. The SMILES string of the molecule is CN(C(=O)Nc1ccc(-c2ccc(F)c(F)c2)cc1)C1CCN(S(C)(=O)=O)CC1. The summed E-state index contributed by atoms with van der Waals surface area (Å²) in [4.78, 5) is 14.1. The minimum Gasteiger partial charge on any atom is -0.325 e. The van der Waals surface area contributed by atoms with Gasteiger partial charge in [0, 0.05) is 31.9 Å². The van der Waals surface area contributed by atoms with Crippen molar-refractivity contribution in [3.05, 3.63) is 54.1 Å². The first kappa shape index (κ1) is 21.2. The highest BCUT2D eigenvalue weighted by Crippen LogP contribution is 2.24. The molecule has 2 amide bonds. The monoisotopic (exact) mass is 423 g/mol. The van der Waals surface area contributed by atoms with Crippen molar-refractivity contribution in [1.29, 1.82) is 0 Å². The predicted octanol–water partition coefficient (Wildman–Crippen LogP) is 3.52. The Morgan fingerprint density at radius 3 is 2.17 bits per heavy atom. The number of rotatable bonds is 4. The highest BCUT2D eigenvalue weighted by molar-refractivity contribution is 7.88. The van der Waals surface area contributed by atoms with Crippen LogP contribution in [0.4, 0.5) is 19.3 Å². The first-order chi connectivity index (χ1) is 13.6. The number of hydrogen-bond acceptors (Lipinski definition) is 3. The topological polar surface area (TPSA) is 69.7 Å². The van der Waals surface area contributed by atoms with Gasteiger partial charge in [-0.05, 0) is 48.2 Å². The second-order valence-electron chi connectivity index (χ2n) is 7.14. The number of carbonyl (C=O) groups is 1. The van der Waals surface area contributed by atoms with Crippen LogP contribution >= 0.6 is 0 Å². The van der Waals surface area contributed by atoms with Crippen LogP contribution in [-0.4, -0.2) is 56.1 Å². The summed E-state index contributed by atoms with van der Waals surface area (Å²) in [6.07, 6.45) is 2.34. The lowest BCUT2D eigenvalue weighted by Gasteiger charge is -2.35. The van der Waals surface area contributed by atoms with E-state index in [4.69, 9.17) is 0 Å². The minimum atomic E-state index is -3.21. The summed E-state index contributed by atoms with van der Waals surface area (Å²) >= 11 is 0. The van der Waals surface area contributed by atoms with Crippen molar-refractivity contribution in [2.45, 2.75) is 18.9 Å². The lowest BCUT2D eigenvalue weighted by molar-refractivity contribution is 0.174. The number of halogens is 2. The van der Waals surface area contributed by atoms with Gasteiger partial charge in [-0.25, -0.2) is 26.3 Å². The van der Waals surface area contributed by atoms with Crippen LogP contribution in [-0.2, 0) is 10.0 Å². The molecular formula is C20H23F2N3O3S. The maximum Gasteiger partial charge on any atom is 0.321 e. The van der Waals surface area contributed by atoms with E-state index in [0.29, 0.717) is 42.7 Å². The molecule has 0 atom stereocenters. The van der Waals surface area contributed by atoms with Gasteiger partial charge in [0.1, 0.15) is 0 Å². The van der Waals surface area contributed by atoms with Gasteiger partial charge in [0.15, 0.2) is 11.6 Å². The zero-order valence-electron chi connectivity index (χ0n) is 16.2. The van der Waals surface area contributed by atoms with Gasteiger partial charge in [-0.15, -0.1) is 0 Å².